The third kappa shape index (κ3) is 2.68. The molecule has 2 rings (SSSR count). The van der Waals surface area contributed by atoms with Crippen LogP contribution in [0.1, 0.15) is 24.5 Å². The van der Waals surface area contributed by atoms with E-state index in [-0.39, 0.29) is 6.61 Å². The second-order valence-electron chi connectivity index (χ2n) is 5.35. The number of anilines is 1. The molecule has 1 fully saturated rings. The summed E-state index contributed by atoms with van der Waals surface area (Å²) in [6.45, 7) is 8.78. The third-order valence-electron chi connectivity index (χ3n) is 3.96. The molecular weight excluding hydrogens is 224 g/mol. The van der Waals surface area contributed by atoms with Gasteiger partial charge in [0, 0.05) is 37.5 Å². The molecule has 2 unspecified atom stereocenters. The first kappa shape index (κ1) is 13.4. The number of piperazine rings is 1. The molecule has 1 aliphatic rings. The van der Waals surface area contributed by atoms with Gasteiger partial charge in [0.2, 0.25) is 0 Å². The Morgan fingerprint density at radius 3 is 2.89 bits per heavy atom. The van der Waals surface area contributed by atoms with Crippen molar-refractivity contribution in [1.29, 1.82) is 0 Å². The molecule has 1 saturated heterocycles. The molecule has 100 valence electrons. The number of aryl methyl sites for hydroxylation is 1. The number of benzene rings is 1. The number of hydrogen-bond acceptors (Lipinski definition) is 3. The minimum atomic E-state index is 0.252. The summed E-state index contributed by atoms with van der Waals surface area (Å²) in [5, 5.41) is 12.7. The van der Waals surface area contributed by atoms with E-state index in [1.165, 1.54) is 16.8 Å². The van der Waals surface area contributed by atoms with Gasteiger partial charge in [0.05, 0.1) is 0 Å². The maximum Gasteiger partial charge on any atom is 0.0451 e. The molecule has 3 nitrogen and oxygen atoms in total. The van der Waals surface area contributed by atoms with Gasteiger partial charge in [-0.3, -0.25) is 0 Å². The molecule has 1 aromatic rings. The summed E-state index contributed by atoms with van der Waals surface area (Å²) in [5.74, 6) is 0. The van der Waals surface area contributed by atoms with Crippen LogP contribution in [-0.4, -0.2) is 36.9 Å². The topological polar surface area (TPSA) is 35.5 Å². The lowest BCUT2D eigenvalue weighted by atomic mass is 10.0. The van der Waals surface area contributed by atoms with Gasteiger partial charge in [-0.2, -0.15) is 0 Å². The fourth-order valence-corrected chi connectivity index (χ4v) is 2.70. The summed E-state index contributed by atoms with van der Waals surface area (Å²) in [4.78, 5) is 2.46. The van der Waals surface area contributed by atoms with Crippen molar-refractivity contribution in [3.05, 3.63) is 29.3 Å². The van der Waals surface area contributed by atoms with E-state index in [2.05, 4.69) is 49.2 Å². The molecule has 3 heteroatoms. The zero-order valence-electron chi connectivity index (χ0n) is 11.6. The lowest BCUT2D eigenvalue weighted by Gasteiger charge is -2.41. The van der Waals surface area contributed by atoms with Crippen LogP contribution in [0.3, 0.4) is 0 Å². The number of rotatable bonds is 3. The molecule has 0 amide bonds. The number of aliphatic hydroxyl groups excluding tert-OH is 1. The number of aliphatic hydroxyl groups is 1. The number of hydrogen-bond donors (Lipinski definition) is 2. The van der Waals surface area contributed by atoms with E-state index in [1.54, 1.807) is 0 Å². The van der Waals surface area contributed by atoms with Crippen LogP contribution in [0.4, 0.5) is 5.69 Å². The summed E-state index contributed by atoms with van der Waals surface area (Å²) in [5.41, 5.74) is 4.01. The predicted octanol–water partition coefficient (Wildman–Crippen LogP) is 1.85. The SMILES string of the molecule is Cc1cccc(N2CC(C)NCC2CCO)c1C. The minimum absolute atomic E-state index is 0.252. The maximum absolute atomic E-state index is 9.22. The Morgan fingerprint density at radius 1 is 1.39 bits per heavy atom. The van der Waals surface area contributed by atoms with Gasteiger partial charge in [0.25, 0.3) is 0 Å². The van der Waals surface area contributed by atoms with E-state index >= 15 is 0 Å². The third-order valence-corrected chi connectivity index (χ3v) is 3.96. The molecule has 0 aromatic heterocycles. The first-order valence-corrected chi connectivity index (χ1v) is 6.80. The first-order valence-electron chi connectivity index (χ1n) is 6.80. The van der Waals surface area contributed by atoms with Crippen molar-refractivity contribution < 1.29 is 5.11 Å². The Balaban J connectivity index is 2.29. The predicted molar refractivity (Wildman–Crippen MR) is 76.2 cm³/mol. The van der Waals surface area contributed by atoms with Gasteiger partial charge in [-0.05, 0) is 44.4 Å². The van der Waals surface area contributed by atoms with Crippen molar-refractivity contribution >= 4 is 5.69 Å². The summed E-state index contributed by atoms with van der Waals surface area (Å²) in [6.07, 6.45) is 0.826. The monoisotopic (exact) mass is 248 g/mol. The van der Waals surface area contributed by atoms with Gasteiger partial charge < -0.3 is 15.3 Å². The van der Waals surface area contributed by atoms with Crippen LogP contribution in [0.25, 0.3) is 0 Å². The van der Waals surface area contributed by atoms with Crippen LogP contribution in [0.2, 0.25) is 0 Å². The molecule has 0 aliphatic carbocycles. The van der Waals surface area contributed by atoms with Gasteiger partial charge in [-0.15, -0.1) is 0 Å². The van der Waals surface area contributed by atoms with Gasteiger partial charge in [0.15, 0.2) is 0 Å². The van der Waals surface area contributed by atoms with Gasteiger partial charge in [-0.1, -0.05) is 12.1 Å². The van der Waals surface area contributed by atoms with Crippen molar-refractivity contribution in [3.8, 4) is 0 Å². The molecule has 18 heavy (non-hydrogen) atoms. The van der Waals surface area contributed by atoms with Gasteiger partial charge in [0.1, 0.15) is 0 Å². The highest BCUT2D eigenvalue weighted by Crippen LogP contribution is 2.27. The molecule has 1 aliphatic heterocycles. The summed E-state index contributed by atoms with van der Waals surface area (Å²) >= 11 is 0. The van der Waals surface area contributed by atoms with E-state index in [0.29, 0.717) is 12.1 Å². The standard InChI is InChI=1S/C15H24N2O/c1-11-5-4-6-15(13(11)3)17-10-12(2)16-9-14(17)7-8-18/h4-6,12,14,16,18H,7-10H2,1-3H3. The van der Waals surface area contributed by atoms with Crippen molar-refractivity contribution in [1.82, 2.24) is 5.32 Å². The minimum Gasteiger partial charge on any atom is -0.396 e. The Labute approximate surface area is 110 Å². The summed E-state index contributed by atoms with van der Waals surface area (Å²) in [6, 6.07) is 7.38. The summed E-state index contributed by atoms with van der Waals surface area (Å²) < 4.78 is 0. The molecular formula is C15H24N2O. The highest BCUT2D eigenvalue weighted by Gasteiger charge is 2.26. The van der Waals surface area contributed by atoms with Gasteiger partial charge >= 0.3 is 0 Å². The molecule has 0 bridgehead atoms. The zero-order chi connectivity index (χ0) is 13.1. The molecule has 2 atom stereocenters. The van der Waals surface area contributed by atoms with Crippen molar-refractivity contribution in [2.24, 2.45) is 0 Å². The molecule has 2 N–H and O–H groups in total. The second-order valence-corrected chi connectivity index (χ2v) is 5.35. The van der Waals surface area contributed by atoms with E-state index in [1.807, 2.05) is 0 Å². The smallest absolute Gasteiger partial charge is 0.0451 e. The van der Waals surface area contributed by atoms with Crippen LogP contribution in [0.15, 0.2) is 18.2 Å². The second kappa shape index (κ2) is 5.72. The van der Waals surface area contributed by atoms with E-state index in [4.69, 9.17) is 0 Å². The average Bonchev–Trinajstić information content (AvgIpc) is 2.35. The van der Waals surface area contributed by atoms with E-state index < -0.39 is 0 Å². The largest absolute Gasteiger partial charge is 0.396 e. The van der Waals surface area contributed by atoms with Crippen LogP contribution in [0, 0.1) is 13.8 Å². The first-order chi connectivity index (χ1) is 8.63. The lowest BCUT2D eigenvalue weighted by Crippen LogP contribution is -2.56. The van der Waals surface area contributed by atoms with E-state index in [9.17, 15) is 5.11 Å². The normalized spacial score (nSPS) is 24.3. The fraction of sp³-hybridized carbons (Fsp3) is 0.600. The highest BCUT2D eigenvalue weighted by atomic mass is 16.3. The Hall–Kier alpha value is -1.06. The number of nitrogens with zero attached hydrogens (tertiary/aromatic N) is 1. The molecule has 1 aromatic carbocycles. The van der Waals surface area contributed by atoms with Crippen molar-refractivity contribution in [2.45, 2.75) is 39.3 Å². The Bertz CT molecular complexity index is 405. The average molecular weight is 248 g/mol. The highest BCUT2D eigenvalue weighted by molar-refractivity contribution is 5.57. The van der Waals surface area contributed by atoms with Crippen molar-refractivity contribution in [2.75, 3.05) is 24.6 Å². The van der Waals surface area contributed by atoms with Crippen LogP contribution < -0.4 is 10.2 Å². The van der Waals surface area contributed by atoms with Crippen LogP contribution >= 0.6 is 0 Å². The fourth-order valence-electron chi connectivity index (χ4n) is 2.70. The Kier molecular flexibility index (Phi) is 4.25. The number of nitrogens with one attached hydrogen (secondary N) is 1. The van der Waals surface area contributed by atoms with Crippen LogP contribution in [-0.2, 0) is 0 Å². The van der Waals surface area contributed by atoms with E-state index in [0.717, 1.165) is 19.5 Å². The lowest BCUT2D eigenvalue weighted by molar-refractivity contribution is 0.260. The zero-order valence-corrected chi connectivity index (χ0v) is 11.6. The quantitative estimate of drug-likeness (QED) is 0.857. The molecule has 0 saturated carbocycles. The molecule has 0 radical (unpaired) electrons. The molecule has 1 heterocycles. The van der Waals surface area contributed by atoms with Gasteiger partial charge in [-0.25, -0.2) is 0 Å². The van der Waals surface area contributed by atoms with Crippen LogP contribution in [0.5, 0.6) is 0 Å². The van der Waals surface area contributed by atoms with Crippen molar-refractivity contribution in [3.63, 3.8) is 0 Å². The molecule has 0 spiro atoms. The Morgan fingerprint density at radius 2 is 2.17 bits per heavy atom. The maximum atomic E-state index is 9.22. The summed E-state index contributed by atoms with van der Waals surface area (Å²) in [7, 11) is 0.